The molecule has 0 saturated carbocycles. The van der Waals surface area contributed by atoms with Crippen LogP contribution in [0, 0.1) is 6.92 Å². The summed E-state index contributed by atoms with van der Waals surface area (Å²) in [6.07, 6.45) is 18.7. The number of amides is 1. The van der Waals surface area contributed by atoms with E-state index >= 15 is 0 Å². The van der Waals surface area contributed by atoms with Crippen LogP contribution in [0.3, 0.4) is 0 Å². The van der Waals surface area contributed by atoms with Gasteiger partial charge in [0.15, 0.2) is 0 Å². The van der Waals surface area contributed by atoms with Gasteiger partial charge in [-0.15, -0.1) is 0 Å². The maximum absolute atomic E-state index is 13.4. The first-order valence-electron chi connectivity index (χ1n) is 12.0. The van der Waals surface area contributed by atoms with E-state index in [1.165, 1.54) is 0 Å². The van der Waals surface area contributed by atoms with Crippen LogP contribution in [-0.2, 0) is 11.2 Å². The van der Waals surface area contributed by atoms with Crippen LogP contribution in [0.2, 0.25) is 0 Å². The highest BCUT2D eigenvalue weighted by molar-refractivity contribution is 5.99. The van der Waals surface area contributed by atoms with E-state index < -0.39 is 0 Å². The van der Waals surface area contributed by atoms with Crippen molar-refractivity contribution in [3.63, 3.8) is 0 Å². The Morgan fingerprint density at radius 3 is 2.62 bits per heavy atom. The number of hydrogen-bond donors (Lipinski definition) is 0. The zero-order valence-corrected chi connectivity index (χ0v) is 20.4. The number of fused-ring (bicyclic) bond motifs is 2. The fourth-order valence-electron chi connectivity index (χ4n) is 4.90. The van der Waals surface area contributed by atoms with Gasteiger partial charge < -0.3 is 9.80 Å². The van der Waals surface area contributed by atoms with Crippen LogP contribution < -0.4 is 0 Å². The fraction of sp³-hybridized carbons (Fsp3) is 0.370. The van der Waals surface area contributed by atoms with Crippen LogP contribution in [0.4, 0.5) is 0 Å². The van der Waals surface area contributed by atoms with Gasteiger partial charge in [-0.1, -0.05) is 19.1 Å². The Morgan fingerprint density at radius 2 is 1.88 bits per heavy atom. The molecule has 2 aromatic rings. The summed E-state index contributed by atoms with van der Waals surface area (Å²) in [5.74, 6) is -0.0716. The van der Waals surface area contributed by atoms with Crippen molar-refractivity contribution in [3.05, 3.63) is 83.4 Å². The second-order valence-electron chi connectivity index (χ2n) is 9.37. The molecule has 0 aromatic carbocycles. The van der Waals surface area contributed by atoms with Crippen LogP contribution >= 0.6 is 0 Å². The van der Waals surface area contributed by atoms with E-state index in [1.807, 2.05) is 54.2 Å². The number of likely N-dealkylation sites (tertiary alicyclic amines) is 1. The molecule has 0 radical (unpaired) electrons. The molecule has 34 heavy (non-hydrogen) atoms. The molecule has 5 heterocycles. The third-order valence-electron chi connectivity index (χ3n) is 6.87. The smallest absolute Gasteiger partial charge is 0.255 e. The molecule has 3 aliphatic heterocycles. The summed E-state index contributed by atoms with van der Waals surface area (Å²) in [5, 5.41) is 4.75. The Hall–Kier alpha value is -3.45. The minimum absolute atomic E-state index is 0.0716. The molecule has 0 aliphatic carbocycles. The summed E-state index contributed by atoms with van der Waals surface area (Å²) >= 11 is 0. The van der Waals surface area contributed by atoms with Gasteiger partial charge in [-0.2, -0.15) is 5.10 Å². The molecular formula is C27H32N6O. The van der Waals surface area contributed by atoms with Crippen LogP contribution in [0.5, 0.6) is 0 Å². The van der Waals surface area contributed by atoms with E-state index in [4.69, 9.17) is 5.10 Å². The molecule has 1 fully saturated rings. The first kappa shape index (κ1) is 22.3. The minimum atomic E-state index is -0.0716. The van der Waals surface area contributed by atoms with Crippen LogP contribution in [-0.4, -0.2) is 68.4 Å². The Labute approximate surface area is 201 Å². The van der Waals surface area contributed by atoms with E-state index in [9.17, 15) is 4.79 Å². The van der Waals surface area contributed by atoms with Crippen LogP contribution in [0.15, 0.2) is 66.3 Å². The Kier molecular flexibility index (Phi) is 5.96. The lowest BCUT2D eigenvalue weighted by atomic mass is 10.0. The molecular weight excluding hydrogens is 424 g/mol. The molecule has 2 aromatic heterocycles. The van der Waals surface area contributed by atoms with Gasteiger partial charge in [0.05, 0.1) is 34.5 Å². The van der Waals surface area contributed by atoms with Gasteiger partial charge in [0.2, 0.25) is 0 Å². The van der Waals surface area contributed by atoms with Gasteiger partial charge in [0.25, 0.3) is 5.91 Å². The van der Waals surface area contributed by atoms with Crippen molar-refractivity contribution in [2.24, 2.45) is 0 Å². The lowest BCUT2D eigenvalue weighted by Gasteiger charge is -2.38. The molecule has 176 valence electrons. The number of piperidine rings is 1. The highest BCUT2D eigenvalue weighted by Crippen LogP contribution is 2.27. The molecule has 0 bridgehead atoms. The molecule has 0 spiro atoms. The molecule has 5 rings (SSSR count). The van der Waals surface area contributed by atoms with Crippen molar-refractivity contribution < 1.29 is 4.79 Å². The van der Waals surface area contributed by atoms with Crippen LogP contribution in [0.25, 0.3) is 11.1 Å². The molecule has 0 unspecified atom stereocenters. The van der Waals surface area contributed by atoms with E-state index in [2.05, 4.69) is 41.9 Å². The Balaban J connectivity index is 1.43. The molecule has 1 amide bonds. The lowest BCUT2D eigenvalue weighted by Crippen LogP contribution is -2.42. The first-order chi connectivity index (χ1) is 16.4. The number of aromatic nitrogens is 3. The minimum Gasteiger partial charge on any atom is -0.370 e. The van der Waals surface area contributed by atoms with Crippen molar-refractivity contribution in [3.8, 4) is 0 Å². The van der Waals surface area contributed by atoms with Gasteiger partial charge in [-0.3, -0.25) is 14.7 Å². The van der Waals surface area contributed by atoms with Crippen molar-refractivity contribution in [2.45, 2.75) is 39.2 Å². The quantitative estimate of drug-likeness (QED) is 0.702. The number of carbonyl (C=O) groups excluding carboxylic acids is 1. The van der Waals surface area contributed by atoms with Crippen molar-refractivity contribution in [1.82, 2.24) is 29.3 Å². The van der Waals surface area contributed by atoms with Crippen molar-refractivity contribution >= 4 is 17.0 Å². The van der Waals surface area contributed by atoms with Crippen molar-refractivity contribution in [2.75, 3.05) is 27.2 Å². The van der Waals surface area contributed by atoms with E-state index in [0.29, 0.717) is 6.04 Å². The van der Waals surface area contributed by atoms with Gasteiger partial charge in [0.1, 0.15) is 0 Å². The van der Waals surface area contributed by atoms with Gasteiger partial charge in [-0.25, -0.2) is 4.52 Å². The van der Waals surface area contributed by atoms with E-state index in [-0.39, 0.29) is 5.91 Å². The van der Waals surface area contributed by atoms with Crippen molar-refractivity contribution in [1.29, 1.82) is 0 Å². The number of allylic oxidation sites excluding steroid dienone is 6. The second kappa shape index (κ2) is 9.06. The molecule has 1 saturated heterocycles. The van der Waals surface area contributed by atoms with E-state index in [0.717, 1.165) is 71.9 Å². The predicted molar refractivity (Wildman–Crippen MR) is 135 cm³/mol. The number of carbonyl (C=O) groups is 1. The zero-order chi connectivity index (χ0) is 23.8. The Morgan fingerprint density at radius 1 is 1.12 bits per heavy atom. The second-order valence-corrected chi connectivity index (χ2v) is 9.37. The summed E-state index contributed by atoms with van der Waals surface area (Å²) in [5.41, 5.74) is 6.43. The average molecular weight is 457 g/mol. The maximum atomic E-state index is 13.4. The number of aryl methyl sites for hydroxylation is 2. The molecule has 0 atom stereocenters. The monoisotopic (exact) mass is 456 g/mol. The molecule has 3 aliphatic rings. The zero-order valence-electron chi connectivity index (χ0n) is 20.4. The predicted octanol–water partition coefficient (Wildman–Crippen LogP) is 3.70. The van der Waals surface area contributed by atoms with Crippen LogP contribution in [0.1, 0.15) is 36.8 Å². The van der Waals surface area contributed by atoms with Gasteiger partial charge in [-0.05, 0) is 64.6 Å². The third kappa shape index (κ3) is 4.23. The third-order valence-corrected chi connectivity index (χ3v) is 6.87. The average Bonchev–Trinajstić information content (AvgIpc) is 3.25. The molecule has 7 nitrogen and oxygen atoms in total. The molecule has 7 heteroatoms. The van der Waals surface area contributed by atoms with Gasteiger partial charge in [0, 0.05) is 42.7 Å². The highest BCUT2D eigenvalue weighted by atomic mass is 16.2. The summed E-state index contributed by atoms with van der Waals surface area (Å²) in [6.45, 7) is 6.06. The summed E-state index contributed by atoms with van der Waals surface area (Å²) in [7, 11) is 4.30. The lowest BCUT2D eigenvalue weighted by molar-refractivity contribution is -0.122. The summed E-state index contributed by atoms with van der Waals surface area (Å²) < 4.78 is 1.87. The summed E-state index contributed by atoms with van der Waals surface area (Å²) in [4.78, 5) is 24.4. The standard InChI is InChI=1S/C27H32N6O/c1-5-24-26-16-25(29-33(26)17-19(2)28-24)20-7-6-8-22-9-10-23(18-32(22)27(34)15-20)31-13-11-21(12-14-31)30(3)4/h6-10,15-18,21H,5,11-14H2,1-4H3/b7-6+,20-15+,22-8+. The normalized spacial score (nSPS) is 23.2. The number of hydrogen-bond acceptors (Lipinski definition) is 5. The maximum Gasteiger partial charge on any atom is 0.255 e. The highest BCUT2D eigenvalue weighted by Gasteiger charge is 2.25. The molecule has 0 N–H and O–H groups in total. The summed E-state index contributed by atoms with van der Waals surface area (Å²) in [6, 6.07) is 2.64. The fourth-order valence-corrected chi connectivity index (χ4v) is 4.90. The van der Waals surface area contributed by atoms with Gasteiger partial charge >= 0.3 is 0 Å². The number of rotatable bonds is 4. The topological polar surface area (TPSA) is 57.0 Å². The Bertz CT molecular complexity index is 1270. The van der Waals surface area contributed by atoms with E-state index in [1.54, 1.807) is 11.0 Å². The number of nitrogens with zero attached hydrogens (tertiary/aromatic N) is 6. The largest absolute Gasteiger partial charge is 0.370 e. The SMILES string of the molecule is CCc1nc(C)cn2nc(C3=C\C(=O)N4C=C(N5CCC(N(C)C)CC5)C=C\C4=C/C=C/3)cc12. The first-order valence-corrected chi connectivity index (χ1v) is 12.0.